The van der Waals surface area contributed by atoms with Crippen LogP contribution in [0.2, 0.25) is 0 Å². The van der Waals surface area contributed by atoms with E-state index in [-0.39, 0.29) is 0 Å². The maximum absolute atomic E-state index is 5.92. The molecule has 2 heterocycles. The predicted molar refractivity (Wildman–Crippen MR) is 109 cm³/mol. The molecule has 0 atom stereocenters. The number of hydrogen-bond donors (Lipinski definition) is 2. The quantitative estimate of drug-likeness (QED) is 0.444. The zero-order valence-corrected chi connectivity index (χ0v) is 17.0. The molecule has 0 aliphatic rings. The van der Waals surface area contributed by atoms with E-state index in [0.29, 0.717) is 6.54 Å². The molecule has 2 aromatic heterocycles. The van der Waals surface area contributed by atoms with Crippen LogP contribution in [0.3, 0.4) is 0 Å². The molecule has 7 nitrogen and oxygen atoms in total. The molecule has 3 rings (SSSR count). The van der Waals surface area contributed by atoms with Crippen molar-refractivity contribution >= 4 is 21.9 Å². The van der Waals surface area contributed by atoms with Crippen LogP contribution < -0.4 is 10.6 Å². The van der Waals surface area contributed by atoms with Crippen LogP contribution in [0.15, 0.2) is 56.6 Å². The molecule has 1 aromatic carbocycles. The van der Waals surface area contributed by atoms with Crippen LogP contribution in [-0.2, 0) is 19.5 Å². The normalized spacial score (nSPS) is 11.6. The third kappa shape index (κ3) is 5.19. The van der Waals surface area contributed by atoms with Crippen molar-refractivity contribution in [2.45, 2.75) is 26.4 Å². The Morgan fingerprint density at radius 1 is 1.19 bits per heavy atom. The van der Waals surface area contributed by atoms with Gasteiger partial charge in [-0.15, -0.1) is 10.2 Å². The second-order valence-corrected chi connectivity index (χ2v) is 6.84. The average molecular weight is 431 g/mol. The summed E-state index contributed by atoms with van der Waals surface area (Å²) < 4.78 is 9.00. The molecule has 2 N–H and O–H groups in total. The minimum absolute atomic E-state index is 0.559. The van der Waals surface area contributed by atoms with Crippen LogP contribution in [0.5, 0.6) is 0 Å². The summed E-state index contributed by atoms with van der Waals surface area (Å²) >= 11 is 3.44. The van der Waals surface area contributed by atoms with Gasteiger partial charge in [-0.3, -0.25) is 4.99 Å². The van der Waals surface area contributed by atoms with E-state index in [4.69, 9.17) is 4.42 Å². The molecule has 0 unspecified atom stereocenters. The van der Waals surface area contributed by atoms with Crippen molar-refractivity contribution in [1.82, 2.24) is 25.4 Å². The van der Waals surface area contributed by atoms with E-state index in [2.05, 4.69) is 48.7 Å². The van der Waals surface area contributed by atoms with Gasteiger partial charge in [0.05, 0.1) is 6.54 Å². The van der Waals surface area contributed by atoms with E-state index in [1.807, 2.05) is 41.0 Å². The van der Waals surface area contributed by atoms with E-state index < -0.39 is 0 Å². The molecule has 27 heavy (non-hydrogen) atoms. The summed E-state index contributed by atoms with van der Waals surface area (Å²) in [6, 6.07) is 12.0. The summed E-state index contributed by atoms with van der Waals surface area (Å²) in [5, 5.41) is 14.6. The van der Waals surface area contributed by atoms with Crippen LogP contribution in [-0.4, -0.2) is 34.3 Å². The van der Waals surface area contributed by atoms with Gasteiger partial charge >= 0.3 is 0 Å². The van der Waals surface area contributed by atoms with Gasteiger partial charge in [0.2, 0.25) is 0 Å². The van der Waals surface area contributed by atoms with Crippen molar-refractivity contribution in [3.05, 3.63) is 58.8 Å². The first-order valence-electron chi connectivity index (χ1n) is 8.85. The van der Waals surface area contributed by atoms with Gasteiger partial charge in [-0.25, -0.2) is 0 Å². The lowest BCUT2D eigenvalue weighted by molar-refractivity contribution is 0.513. The molecule has 0 fully saturated rings. The fraction of sp³-hybridized carbons (Fsp3) is 0.316. The summed E-state index contributed by atoms with van der Waals surface area (Å²) in [7, 11) is 1.75. The third-order valence-electron chi connectivity index (χ3n) is 4.10. The second-order valence-electron chi connectivity index (χ2n) is 5.92. The van der Waals surface area contributed by atoms with E-state index in [9.17, 15) is 0 Å². The highest BCUT2D eigenvalue weighted by Gasteiger charge is 2.06. The average Bonchev–Trinajstić information content (AvgIpc) is 3.34. The molecule has 0 saturated carbocycles. The molecule has 0 bridgehead atoms. The number of nitrogens with one attached hydrogen (secondary N) is 2. The number of halogens is 1. The smallest absolute Gasteiger partial charge is 0.191 e. The summed E-state index contributed by atoms with van der Waals surface area (Å²) in [6.45, 7) is 4.14. The lowest BCUT2D eigenvalue weighted by Crippen LogP contribution is -2.38. The molecule has 0 saturated heterocycles. The molecule has 0 aliphatic carbocycles. The fourth-order valence-electron chi connectivity index (χ4n) is 2.67. The van der Waals surface area contributed by atoms with Crippen molar-refractivity contribution in [1.29, 1.82) is 0 Å². The third-order valence-corrected chi connectivity index (χ3v) is 4.63. The molecule has 0 aliphatic heterocycles. The summed E-state index contributed by atoms with van der Waals surface area (Å²) in [4.78, 5) is 4.25. The fourth-order valence-corrected chi connectivity index (χ4v) is 2.93. The molecule has 0 spiro atoms. The standard InChI is InChI=1S/C19H23BrN6O/c1-3-18-25-24-13-26(18)11-10-22-19(21-2)23-12-16-8-9-17(27-16)14-4-6-15(20)7-5-14/h4-9,13H,3,10-12H2,1-2H3,(H2,21,22,23). The summed E-state index contributed by atoms with van der Waals surface area (Å²) in [6.07, 6.45) is 2.62. The predicted octanol–water partition coefficient (Wildman–Crippen LogP) is 3.23. The van der Waals surface area contributed by atoms with E-state index in [0.717, 1.165) is 52.9 Å². The number of guanidine groups is 1. The van der Waals surface area contributed by atoms with E-state index in [1.165, 1.54) is 0 Å². The van der Waals surface area contributed by atoms with Crippen LogP contribution in [0.4, 0.5) is 0 Å². The second kappa shape index (κ2) is 9.36. The summed E-state index contributed by atoms with van der Waals surface area (Å²) in [5.41, 5.74) is 1.05. The highest BCUT2D eigenvalue weighted by atomic mass is 79.9. The number of aromatic nitrogens is 3. The molecule has 0 radical (unpaired) electrons. The molecular formula is C19H23BrN6O. The first-order chi connectivity index (χ1) is 13.2. The zero-order chi connectivity index (χ0) is 19.1. The van der Waals surface area contributed by atoms with Gasteiger partial charge < -0.3 is 19.6 Å². The van der Waals surface area contributed by atoms with Gasteiger partial charge in [-0.05, 0) is 24.3 Å². The number of benzene rings is 1. The molecular weight excluding hydrogens is 408 g/mol. The minimum Gasteiger partial charge on any atom is -0.459 e. The van der Waals surface area contributed by atoms with E-state index >= 15 is 0 Å². The van der Waals surface area contributed by atoms with Crippen LogP contribution in [0.25, 0.3) is 11.3 Å². The highest BCUT2D eigenvalue weighted by molar-refractivity contribution is 9.10. The van der Waals surface area contributed by atoms with Gasteiger partial charge in [0.1, 0.15) is 23.7 Å². The first-order valence-corrected chi connectivity index (χ1v) is 9.64. The number of nitrogens with zero attached hydrogens (tertiary/aromatic N) is 4. The largest absolute Gasteiger partial charge is 0.459 e. The molecule has 8 heteroatoms. The van der Waals surface area contributed by atoms with Gasteiger partial charge in [-0.2, -0.15) is 0 Å². The first kappa shape index (κ1) is 19.2. The molecule has 142 valence electrons. The van der Waals surface area contributed by atoms with Crippen molar-refractivity contribution in [2.24, 2.45) is 4.99 Å². The Balaban J connectivity index is 1.49. The SMILES string of the molecule is CCc1nncn1CCNC(=NC)NCc1ccc(-c2ccc(Br)cc2)o1. The van der Waals surface area contributed by atoms with Gasteiger partial charge in [-0.1, -0.05) is 35.0 Å². The Morgan fingerprint density at radius 3 is 2.74 bits per heavy atom. The van der Waals surface area contributed by atoms with Crippen molar-refractivity contribution in [3.63, 3.8) is 0 Å². The molecule has 0 amide bonds. The van der Waals surface area contributed by atoms with Gasteiger partial charge in [0.25, 0.3) is 0 Å². The molecule has 3 aromatic rings. The van der Waals surface area contributed by atoms with Crippen molar-refractivity contribution in [3.8, 4) is 11.3 Å². The topological polar surface area (TPSA) is 80.3 Å². The zero-order valence-electron chi connectivity index (χ0n) is 15.4. The Bertz CT molecular complexity index is 884. The lowest BCUT2D eigenvalue weighted by Gasteiger charge is -2.11. The minimum atomic E-state index is 0.559. The Labute approximate surface area is 167 Å². The van der Waals surface area contributed by atoms with Gasteiger partial charge in [0.15, 0.2) is 5.96 Å². The van der Waals surface area contributed by atoms with Crippen LogP contribution >= 0.6 is 15.9 Å². The lowest BCUT2D eigenvalue weighted by atomic mass is 10.2. The number of furan rings is 1. The maximum atomic E-state index is 5.92. The Kier molecular flexibility index (Phi) is 6.64. The number of aliphatic imine (C=N–C) groups is 1. The van der Waals surface area contributed by atoms with Crippen molar-refractivity contribution < 1.29 is 4.42 Å². The maximum Gasteiger partial charge on any atom is 0.191 e. The van der Waals surface area contributed by atoms with E-state index in [1.54, 1.807) is 13.4 Å². The monoisotopic (exact) mass is 430 g/mol. The van der Waals surface area contributed by atoms with Gasteiger partial charge in [0, 0.05) is 36.6 Å². The number of aryl methyl sites for hydroxylation is 1. The number of hydrogen-bond acceptors (Lipinski definition) is 4. The Morgan fingerprint density at radius 2 is 2.00 bits per heavy atom. The van der Waals surface area contributed by atoms with Crippen LogP contribution in [0, 0.1) is 0 Å². The number of rotatable bonds is 7. The van der Waals surface area contributed by atoms with Crippen molar-refractivity contribution in [2.75, 3.05) is 13.6 Å². The highest BCUT2D eigenvalue weighted by Crippen LogP contribution is 2.23. The van der Waals surface area contributed by atoms with Crippen LogP contribution in [0.1, 0.15) is 18.5 Å². The summed E-state index contributed by atoms with van der Waals surface area (Å²) in [5.74, 6) is 3.41. The Hall–Kier alpha value is -2.61.